The third-order valence-electron chi connectivity index (χ3n) is 2.44. The molecule has 0 saturated carbocycles. The molecule has 0 aliphatic carbocycles. The number of aliphatic hydroxyl groups is 1. The van der Waals surface area contributed by atoms with E-state index in [9.17, 15) is 5.11 Å². The molecule has 1 atom stereocenters. The Morgan fingerprint density at radius 1 is 1.47 bits per heavy atom. The van der Waals surface area contributed by atoms with Gasteiger partial charge in [0.05, 0.1) is 0 Å². The second-order valence-corrected chi connectivity index (χ2v) is 4.73. The van der Waals surface area contributed by atoms with Crippen molar-refractivity contribution < 1.29 is 14.6 Å². The van der Waals surface area contributed by atoms with E-state index in [0.717, 1.165) is 10.4 Å². The van der Waals surface area contributed by atoms with Crippen LogP contribution < -0.4 is 0 Å². The molecule has 0 aromatic carbocycles. The van der Waals surface area contributed by atoms with Gasteiger partial charge in [-0.2, -0.15) is 0 Å². The van der Waals surface area contributed by atoms with Crippen molar-refractivity contribution in [3.05, 3.63) is 21.9 Å². The molecule has 4 heteroatoms. The Labute approximate surface area is 94.6 Å². The van der Waals surface area contributed by atoms with Crippen LogP contribution in [0.1, 0.15) is 23.8 Å². The Hall–Kier alpha value is -0.420. The highest BCUT2D eigenvalue weighted by molar-refractivity contribution is 7.10. The Bertz CT molecular complexity index is 303. The lowest BCUT2D eigenvalue weighted by atomic mass is 9.97. The maximum Gasteiger partial charge on any atom is 0.159 e. The molecule has 0 aliphatic heterocycles. The van der Waals surface area contributed by atoms with E-state index in [-0.39, 0.29) is 6.29 Å². The highest BCUT2D eigenvalue weighted by Crippen LogP contribution is 2.33. The maximum atomic E-state index is 10.3. The van der Waals surface area contributed by atoms with Crippen molar-refractivity contribution in [2.75, 3.05) is 14.2 Å². The molecular formula is C11H18O3S. The van der Waals surface area contributed by atoms with Gasteiger partial charge < -0.3 is 14.6 Å². The summed E-state index contributed by atoms with van der Waals surface area (Å²) in [4.78, 5) is 0.974. The van der Waals surface area contributed by atoms with Crippen molar-refractivity contribution in [3.63, 3.8) is 0 Å². The van der Waals surface area contributed by atoms with Crippen molar-refractivity contribution in [1.82, 2.24) is 0 Å². The second-order valence-electron chi connectivity index (χ2n) is 3.81. The lowest BCUT2D eigenvalue weighted by Crippen LogP contribution is -2.29. The van der Waals surface area contributed by atoms with Crippen LogP contribution in [-0.4, -0.2) is 25.6 Å². The van der Waals surface area contributed by atoms with Gasteiger partial charge in [-0.1, -0.05) is 0 Å². The fourth-order valence-corrected chi connectivity index (χ4v) is 2.60. The zero-order valence-electron chi connectivity index (χ0n) is 9.61. The zero-order chi connectivity index (χ0) is 11.5. The molecule has 0 radical (unpaired) electrons. The largest absolute Gasteiger partial charge is 0.384 e. The van der Waals surface area contributed by atoms with Gasteiger partial charge in [0.2, 0.25) is 0 Å². The van der Waals surface area contributed by atoms with Gasteiger partial charge in [0.25, 0.3) is 0 Å². The molecule has 1 heterocycles. The van der Waals surface area contributed by atoms with Gasteiger partial charge in [-0.25, -0.2) is 0 Å². The molecule has 3 nitrogen and oxygen atoms in total. The molecule has 0 fully saturated rings. The van der Waals surface area contributed by atoms with E-state index < -0.39 is 5.60 Å². The van der Waals surface area contributed by atoms with Gasteiger partial charge >= 0.3 is 0 Å². The normalized spacial score (nSPS) is 15.6. The van der Waals surface area contributed by atoms with Gasteiger partial charge in [-0.3, -0.25) is 0 Å². The van der Waals surface area contributed by atoms with Crippen LogP contribution in [0.25, 0.3) is 0 Å². The van der Waals surface area contributed by atoms with Gasteiger partial charge in [0, 0.05) is 25.5 Å². The first-order valence-electron chi connectivity index (χ1n) is 4.84. The first kappa shape index (κ1) is 12.6. The molecule has 1 aromatic rings. The Kier molecular flexibility index (Phi) is 4.28. The minimum Gasteiger partial charge on any atom is -0.384 e. The van der Waals surface area contributed by atoms with Crippen molar-refractivity contribution in [3.8, 4) is 0 Å². The van der Waals surface area contributed by atoms with Crippen LogP contribution in [0, 0.1) is 6.92 Å². The summed E-state index contributed by atoms with van der Waals surface area (Å²) in [6.07, 6.45) is 0.0583. The van der Waals surface area contributed by atoms with Gasteiger partial charge in [0.15, 0.2) is 6.29 Å². The van der Waals surface area contributed by atoms with Crippen molar-refractivity contribution in [2.24, 2.45) is 0 Å². The summed E-state index contributed by atoms with van der Waals surface area (Å²) in [6.45, 7) is 3.78. The number of hydrogen-bond acceptors (Lipinski definition) is 4. The molecule has 0 saturated heterocycles. The summed E-state index contributed by atoms with van der Waals surface area (Å²) >= 11 is 1.56. The van der Waals surface area contributed by atoms with E-state index in [1.165, 1.54) is 0 Å². The summed E-state index contributed by atoms with van der Waals surface area (Å²) in [6, 6.07) is 2.00. The predicted molar refractivity (Wildman–Crippen MR) is 61.0 cm³/mol. The standard InChI is InChI=1S/C11H18O3S/c1-8-5-6-15-10(8)11(2,12)7-9(13-3)14-4/h5-6,9,12H,7H2,1-4H3. The van der Waals surface area contributed by atoms with Crippen LogP contribution in [0.5, 0.6) is 0 Å². The molecule has 0 amide bonds. The van der Waals surface area contributed by atoms with E-state index in [0.29, 0.717) is 6.42 Å². The summed E-state index contributed by atoms with van der Waals surface area (Å²) in [5.41, 5.74) is 0.213. The molecule has 15 heavy (non-hydrogen) atoms. The number of methoxy groups -OCH3 is 2. The third kappa shape index (κ3) is 3.01. The predicted octanol–water partition coefficient (Wildman–Crippen LogP) is 2.27. The van der Waals surface area contributed by atoms with Crippen LogP contribution in [0.4, 0.5) is 0 Å². The number of rotatable bonds is 5. The summed E-state index contributed by atoms with van der Waals surface area (Å²) in [5, 5.41) is 12.3. The van der Waals surface area contributed by atoms with Gasteiger partial charge in [-0.15, -0.1) is 11.3 Å². The third-order valence-corrected chi connectivity index (χ3v) is 3.71. The van der Waals surface area contributed by atoms with Crippen LogP contribution in [0.15, 0.2) is 11.4 Å². The molecule has 0 aliphatic rings. The number of thiophene rings is 1. The summed E-state index contributed by atoms with van der Waals surface area (Å²) in [5.74, 6) is 0. The molecule has 1 rings (SSSR count). The SMILES string of the molecule is COC(CC(C)(O)c1sccc1C)OC. The Balaban J connectivity index is 2.79. The van der Waals surface area contributed by atoms with Crippen LogP contribution in [0.2, 0.25) is 0 Å². The average molecular weight is 230 g/mol. The average Bonchev–Trinajstić information content (AvgIpc) is 2.61. The number of ether oxygens (including phenoxy) is 2. The molecular weight excluding hydrogens is 212 g/mol. The molecule has 86 valence electrons. The van der Waals surface area contributed by atoms with Crippen molar-refractivity contribution in [1.29, 1.82) is 0 Å². The molecule has 1 aromatic heterocycles. The number of hydrogen-bond donors (Lipinski definition) is 1. The Morgan fingerprint density at radius 3 is 2.47 bits per heavy atom. The summed E-state index contributed by atoms with van der Waals surface area (Å²) in [7, 11) is 3.15. The quantitative estimate of drug-likeness (QED) is 0.789. The molecule has 0 spiro atoms. The minimum absolute atomic E-state index is 0.374. The molecule has 1 N–H and O–H groups in total. The monoisotopic (exact) mass is 230 g/mol. The number of aryl methyl sites for hydroxylation is 1. The van der Waals surface area contributed by atoms with Gasteiger partial charge in [0.1, 0.15) is 5.60 Å². The lowest BCUT2D eigenvalue weighted by Gasteiger charge is -2.26. The first-order chi connectivity index (χ1) is 7.01. The van der Waals surface area contributed by atoms with Crippen LogP contribution >= 0.6 is 11.3 Å². The highest BCUT2D eigenvalue weighted by atomic mass is 32.1. The van der Waals surface area contributed by atoms with E-state index >= 15 is 0 Å². The highest BCUT2D eigenvalue weighted by Gasteiger charge is 2.30. The smallest absolute Gasteiger partial charge is 0.159 e. The molecule has 1 unspecified atom stereocenters. The van der Waals surface area contributed by atoms with E-state index in [1.54, 1.807) is 32.5 Å². The fraction of sp³-hybridized carbons (Fsp3) is 0.636. The van der Waals surface area contributed by atoms with Crippen LogP contribution in [-0.2, 0) is 15.1 Å². The zero-order valence-corrected chi connectivity index (χ0v) is 10.4. The van der Waals surface area contributed by atoms with Crippen molar-refractivity contribution in [2.45, 2.75) is 32.2 Å². The molecule has 0 bridgehead atoms. The fourth-order valence-electron chi connectivity index (χ4n) is 1.60. The van der Waals surface area contributed by atoms with E-state index in [1.807, 2.05) is 18.4 Å². The minimum atomic E-state index is -0.894. The second kappa shape index (κ2) is 5.07. The first-order valence-corrected chi connectivity index (χ1v) is 5.71. The van der Waals surface area contributed by atoms with Crippen LogP contribution in [0.3, 0.4) is 0 Å². The van der Waals surface area contributed by atoms with E-state index in [4.69, 9.17) is 9.47 Å². The Morgan fingerprint density at radius 2 is 2.07 bits per heavy atom. The van der Waals surface area contributed by atoms with Crippen molar-refractivity contribution >= 4 is 11.3 Å². The van der Waals surface area contributed by atoms with Gasteiger partial charge in [-0.05, 0) is 30.9 Å². The topological polar surface area (TPSA) is 38.7 Å². The van der Waals surface area contributed by atoms with E-state index in [2.05, 4.69) is 0 Å². The maximum absolute atomic E-state index is 10.3. The lowest BCUT2D eigenvalue weighted by molar-refractivity contribution is -0.141. The summed E-state index contributed by atoms with van der Waals surface area (Å²) < 4.78 is 10.2.